The van der Waals surface area contributed by atoms with Crippen LogP contribution in [0.5, 0.6) is 5.75 Å². The molecule has 0 radical (unpaired) electrons. The third-order valence-corrected chi connectivity index (χ3v) is 4.11. The van der Waals surface area contributed by atoms with Crippen LogP contribution >= 0.6 is 0 Å². The average Bonchev–Trinajstić information content (AvgIpc) is 2.44. The van der Waals surface area contributed by atoms with Crippen molar-refractivity contribution in [3.63, 3.8) is 0 Å². The predicted octanol–water partition coefficient (Wildman–Crippen LogP) is 2.66. The molecule has 0 atom stereocenters. The van der Waals surface area contributed by atoms with Crippen LogP contribution in [0.15, 0.2) is 24.8 Å². The first-order valence-electron chi connectivity index (χ1n) is 7.85. The zero-order chi connectivity index (χ0) is 15.2. The van der Waals surface area contributed by atoms with Gasteiger partial charge in [-0.05, 0) is 38.4 Å². The van der Waals surface area contributed by atoms with Gasteiger partial charge in [-0.3, -0.25) is 4.90 Å². The van der Waals surface area contributed by atoms with Gasteiger partial charge in [-0.15, -0.1) is 6.58 Å². The van der Waals surface area contributed by atoms with Crippen LogP contribution < -0.4 is 4.74 Å². The number of piperazine rings is 1. The summed E-state index contributed by atoms with van der Waals surface area (Å²) in [7, 11) is 2.19. The summed E-state index contributed by atoms with van der Waals surface area (Å²) < 4.78 is 6.10. The van der Waals surface area contributed by atoms with E-state index in [0.717, 1.165) is 51.5 Å². The average molecular weight is 288 g/mol. The molecule has 116 valence electrons. The lowest BCUT2D eigenvalue weighted by atomic mass is 10.0. The maximum atomic E-state index is 6.10. The third-order valence-electron chi connectivity index (χ3n) is 4.11. The molecule has 1 heterocycles. The van der Waals surface area contributed by atoms with E-state index in [1.54, 1.807) is 0 Å². The molecule has 0 amide bonds. The fourth-order valence-electron chi connectivity index (χ4n) is 2.90. The summed E-state index contributed by atoms with van der Waals surface area (Å²) in [5.41, 5.74) is 3.77. The Labute approximate surface area is 129 Å². The fourth-order valence-corrected chi connectivity index (χ4v) is 2.90. The van der Waals surface area contributed by atoms with Crippen molar-refractivity contribution in [2.45, 2.75) is 20.3 Å². The minimum Gasteiger partial charge on any atom is -0.492 e. The van der Waals surface area contributed by atoms with Crippen LogP contribution in [-0.2, 0) is 6.42 Å². The second kappa shape index (κ2) is 7.62. The van der Waals surface area contributed by atoms with Gasteiger partial charge in [-0.2, -0.15) is 0 Å². The number of hydrogen-bond acceptors (Lipinski definition) is 3. The van der Waals surface area contributed by atoms with Crippen LogP contribution in [0.3, 0.4) is 0 Å². The molecule has 0 spiro atoms. The van der Waals surface area contributed by atoms with Crippen molar-refractivity contribution in [1.29, 1.82) is 0 Å². The first-order chi connectivity index (χ1) is 10.1. The summed E-state index contributed by atoms with van der Waals surface area (Å²) in [5, 5.41) is 0. The molecule has 0 saturated carbocycles. The SMILES string of the molecule is C=CCc1cc(C)cc(C)c1OCCN1CCN(C)CC1. The zero-order valence-corrected chi connectivity index (χ0v) is 13.7. The van der Waals surface area contributed by atoms with Crippen molar-refractivity contribution in [2.24, 2.45) is 0 Å². The van der Waals surface area contributed by atoms with Crippen molar-refractivity contribution in [2.75, 3.05) is 46.4 Å². The van der Waals surface area contributed by atoms with Crippen molar-refractivity contribution in [3.05, 3.63) is 41.5 Å². The Hall–Kier alpha value is -1.32. The maximum Gasteiger partial charge on any atom is 0.125 e. The number of nitrogens with zero attached hydrogens (tertiary/aromatic N) is 2. The quantitative estimate of drug-likeness (QED) is 0.749. The van der Waals surface area contributed by atoms with Crippen LogP contribution in [0.1, 0.15) is 16.7 Å². The van der Waals surface area contributed by atoms with Gasteiger partial charge in [0.25, 0.3) is 0 Å². The minimum absolute atomic E-state index is 0.762. The largest absolute Gasteiger partial charge is 0.492 e. The Bertz CT molecular complexity index is 476. The molecule has 3 heteroatoms. The monoisotopic (exact) mass is 288 g/mol. The van der Waals surface area contributed by atoms with E-state index in [2.05, 4.69) is 49.4 Å². The predicted molar refractivity (Wildman–Crippen MR) is 89.2 cm³/mol. The van der Waals surface area contributed by atoms with E-state index in [0.29, 0.717) is 0 Å². The highest BCUT2D eigenvalue weighted by Gasteiger charge is 2.14. The number of likely N-dealkylation sites (N-methyl/N-ethyl adjacent to an activating group) is 1. The molecule has 1 aromatic rings. The smallest absolute Gasteiger partial charge is 0.125 e. The first-order valence-corrected chi connectivity index (χ1v) is 7.85. The summed E-state index contributed by atoms with van der Waals surface area (Å²) in [6.45, 7) is 14.5. The van der Waals surface area contributed by atoms with Crippen LogP contribution in [0.4, 0.5) is 0 Å². The Morgan fingerprint density at radius 2 is 1.90 bits per heavy atom. The molecule has 1 aliphatic rings. The van der Waals surface area contributed by atoms with Gasteiger partial charge in [0.05, 0.1) is 0 Å². The normalized spacial score (nSPS) is 16.9. The van der Waals surface area contributed by atoms with E-state index in [-0.39, 0.29) is 0 Å². The van der Waals surface area contributed by atoms with Crippen LogP contribution in [0.2, 0.25) is 0 Å². The second-order valence-electron chi connectivity index (χ2n) is 6.06. The molecule has 1 aliphatic heterocycles. The topological polar surface area (TPSA) is 15.7 Å². The standard InChI is InChI=1S/C18H28N2O/c1-5-6-17-14-15(2)13-16(3)18(17)21-12-11-20-9-7-19(4)8-10-20/h5,13-14H,1,6-12H2,2-4H3. The molecular weight excluding hydrogens is 260 g/mol. The highest BCUT2D eigenvalue weighted by Crippen LogP contribution is 2.26. The molecule has 1 fully saturated rings. The molecule has 1 aromatic carbocycles. The molecule has 0 aromatic heterocycles. The van der Waals surface area contributed by atoms with Crippen molar-refractivity contribution < 1.29 is 4.74 Å². The van der Waals surface area contributed by atoms with Gasteiger partial charge in [0, 0.05) is 32.7 Å². The lowest BCUT2D eigenvalue weighted by Gasteiger charge is -2.32. The van der Waals surface area contributed by atoms with E-state index in [1.165, 1.54) is 16.7 Å². The molecule has 3 nitrogen and oxygen atoms in total. The summed E-state index contributed by atoms with van der Waals surface area (Å²) in [5.74, 6) is 1.05. The fraction of sp³-hybridized carbons (Fsp3) is 0.556. The number of rotatable bonds is 6. The second-order valence-corrected chi connectivity index (χ2v) is 6.06. The molecule has 0 unspecified atom stereocenters. The summed E-state index contributed by atoms with van der Waals surface area (Å²) in [6.07, 6.45) is 2.81. The Balaban J connectivity index is 1.91. The van der Waals surface area contributed by atoms with E-state index in [4.69, 9.17) is 4.74 Å². The van der Waals surface area contributed by atoms with E-state index in [9.17, 15) is 0 Å². The van der Waals surface area contributed by atoms with E-state index in [1.807, 2.05) is 6.08 Å². The van der Waals surface area contributed by atoms with Crippen molar-refractivity contribution >= 4 is 0 Å². The van der Waals surface area contributed by atoms with Gasteiger partial charge < -0.3 is 9.64 Å². The lowest BCUT2D eigenvalue weighted by molar-refractivity contribution is 0.133. The first kappa shape index (κ1) is 16.1. The Kier molecular flexibility index (Phi) is 5.83. The summed E-state index contributed by atoms with van der Waals surface area (Å²) >= 11 is 0. The molecule has 0 N–H and O–H groups in total. The van der Waals surface area contributed by atoms with E-state index < -0.39 is 0 Å². The van der Waals surface area contributed by atoms with Gasteiger partial charge in [0.2, 0.25) is 0 Å². The summed E-state index contributed by atoms with van der Waals surface area (Å²) in [4.78, 5) is 4.86. The molecule has 0 aliphatic carbocycles. The van der Waals surface area contributed by atoms with Gasteiger partial charge in [0.1, 0.15) is 12.4 Å². The van der Waals surface area contributed by atoms with Crippen LogP contribution in [-0.4, -0.2) is 56.2 Å². The van der Waals surface area contributed by atoms with Gasteiger partial charge >= 0.3 is 0 Å². The Morgan fingerprint density at radius 3 is 2.57 bits per heavy atom. The lowest BCUT2D eigenvalue weighted by Crippen LogP contribution is -2.45. The van der Waals surface area contributed by atoms with Crippen LogP contribution in [0, 0.1) is 13.8 Å². The van der Waals surface area contributed by atoms with Crippen molar-refractivity contribution in [1.82, 2.24) is 9.80 Å². The highest BCUT2D eigenvalue weighted by atomic mass is 16.5. The van der Waals surface area contributed by atoms with Crippen LogP contribution in [0.25, 0.3) is 0 Å². The number of hydrogen-bond donors (Lipinski definition) is 0. The van der Waals surface area contributed by atoms with Gasteiger partial charge in [0.15, 0.2) is 0 Å². The molecule has 0 bridgehead atoms. The third kappa shape index (κ3) is 4.58. The number of ether oxygens (including phenoxy) is 1. The number of allylic oxidation sites excluding steroid dienone is 1. The number of aryl methyl sites for hydroxylation is 2. The maximum absolute atomic E-state index is 6.10. The summed E-state index contributed by atoms with van der Waals surface area (Å²) in [6, 6.07) is 4.40. The molecular formula is C18H28N2O. The molecule has 1 saturated heterocycles. The zero-order valence-electron chi connectivity index (χ0n) is 13.7. The Morgan fingerprint density at radius 1 is 1.19 bits per heavy atom. The van der Waals surface area contributed by atoms with Crippen molar-refractivity contribution in [3.8, 4) is 5.75 Å². The highest BCUT2D eigenvalue weighted by molar-refractivity contribution is 5.44. The number of benzene rings is 1. The minimum atomic E-state index is 0.762. The van der Waals surface area contributed by atoms with Gasteiger partial charge in [-0.25, -0.2) is 0 Å². The molecule has 21 heavy (non-hydrogen) atoms. The molecule has 2 rings (SSSR count). The van der Waals surface area contributed by atoms with E-state index >= 15 is 0 Å². The van der Waals surface area contributed by atoms with Gasteiger partial charge in [-0.1, -0.05) is 23.8 Å².